The molecule has 2 aromatic rings. The normalized spacial score (nSPS) is 18.8. The Labute approximate surface area is 180 Å². The van der Waals surface area contributed by atoms with Crippen LogP contribution in [0.4, 0.5) is 11.4 Å². The Balaban J connectivity index is 1.47. The van der Waals surface area contributed by atoms with Crippen LogP contribution in [-0.2, 0) is 19.2 Å². The van der Waals surface area contributed by atoms with Crippen molar-refractivity contribution < 1.29 is 23.9 Å². The molecule has 2 aromatic carbocycles. The van der Waals surface area contributed by atoms with E-state index in [0.29, 0.717) is 17.0 Å². The minimum atomic E-state index is -0.561. The maximum Gasteiger partial charge on any atom is 0.316 e. The van der Waals surface area contributed by atoms with Crippen molar-refractivity contribution in [1.82, 2.24) is 0 Å². The van der Waals surface area contributed by atoms with Crippen LogP contribution in [-0.4, -0.2) is 30.2 Å². The summed E-state index contributed by atoms with van der Waals surface area (Å²) in [5.41, 5.74) is 4.09. The summed E-state index contributed by atoms with van der Waals surface area (Å²) in [6.07, 6.45) is 0.517. The van der Waals surface area contributed by atoms with E-state index in [4.69, 9.17) is 4.74 Å². The Morgan fingerprint density at radius 1 is 0.903 bits per heavy atom. The maximum absolute atomic E-state index is 12.7. The molecule has 4 rings (SSSR count). The van der Waals surface area contributed by atoms with E-state index in [1.807, 2.05) is 32.0 Å². The quantitative estimate of drug-likeness (QED) is 0.431. The highest BCUT2D eigenvalue weighted by Gasteiger charge is 2.37. The van der Waals surface area contributed by atoms with Crippen molar-refractivity contribution in [2.24, 2.45) is 5.92 Å². The second-order valence-electron chi connectivity index (χ2n) is 8.12. The van der Waals surface area contributed by atoms with Crippen LogP contribution in [0.1, 0.15) is 36.0 Å². The van der Waals surface area contributed by atoms with Gasteiger partial charge in [0.25, 0.3) is 0 Å². The van der Waals surface area contributed by atoms with Crippen LogP contribution in [0.5, 0.6) is 5.75 Å². The minimum Gasteiger partial charge on any atom is -0.426 e. The third kappa shape index (κ3) is 3.83. The summed E-state index contributed by atoms with van der Waals surface area (Å²) in [6, 6.07) is 10.6. The van der Waals surface area contributed by atoms with E-state index < -0.39 is 11.9 Å². The average Bonchev–Trinajstić information content (AvgIpc) is 3.27. The van der Waals surface area contributed by atoms with E-state index in [1.165, 1.54) is 4.90 Å². The minimum absolute atomic E-state index is 0.0973. The number of rotatable bonds is 4. The van der Waals surface area contributed by atoms with Gasteiger partial charge >= 0.3 is 5.97 Å². The Morgan fingerprint density at radius 3 is 2.29 bits per heavy atom. The molecular weight excluding hydrogens is 396 g/mol. The van der Waals surface area contributed by atoms with Gasteiger partial charge in [-0.25, -0.2) is 0 Å². The number of imide groups is 1. The first-order valence-electron chi connectivity index (χ1n) is 10.3. The van der Waals surface area contributed by atoms with E-state index in [2.05, 4.69) is 0 Å². The number of hydrogen-bond acceptors (Lipinski definition) is 5. The number of aryl methyl sites for hydroxylation is 2. The van der Waals surface area contributed by atoms with Crippen LogP contribution in [0.15, 0.2) is 36.4 Å². The monoisotopic (exact) mass is 420 g/mol. The van der Waals surface area contributed by atoms with Crippen molar-refractivity contribution in [2.75, 3.05) is 16.3 Å². The maximum atomic E-state index is 12.7. The molecule has 7 heteroatoms. The zero-order valence-corrected chi connectivity index (χ0v) is 17.8. The van der Waals surface area contributed by atoms with Gasteiger partial charge in [0.15, 0.2) is 0 Å². The first-order valence-corrected chi connectivity index (χ1v) is 10.3. The van der Waals surface area contributed by atoms with Gasteiger partial charge in [-0.1, -0.05) is 12.1 Å². The van der Waals surface area contributed by atoms with Gasteiger partial charge in [-0.05, 0) is 61.7 Å². The number of esters is 1. The first kappa shape index (κ1) is 20.8. The van der Waals surface area contributed by atoms with Crippen molar-refractivity contribution in [2.45, 2.75) is 40.0 Å². The lowest BCUT2D eigenvalue weighted by molar-refractivity contribution is -0.139. The zero-order chi connectivity index (χ0) is 22.3. The van der Waals surface area contributed by atoms with Gasteiger partial charge in [-0.15, -0.1) is 0 Å². The largest absolute Gasteiger partial charge is 0.426 e. The lowest BCUT2D eigenvalue weighted by Gasteiger charge is -2.20. The number of hydrogen-bond donors (Lipinski definition) is 0. The summed E-state index contributed by atoms with van der Waals surface area (Å²) in [7, 11) is 0. The summed E-state index contributed by atoms with van der Waals surface area (Å²) in [6.45, 7) is 5.98. The molecule has 1 atom stereocenters. The second kappa shape index (κ2) is 7.98. The van der Waals surface area contributed by atoms with E-state index >= 15 is 0 Å². The predicted molar refractivity (Wildman–Crippen MR) is 115 cm³/mol. The summed E-state index contributed by atoms with van der Waals surface area (Å²) < 4.78 is 5.53. The van der Waals surface area contributed by atoms with Crippen molar-refractivity contribution in [3.63, 3.8) is 0 Å². The molecule has 2 aliphatic heterocycles. The Bertz CT molecular complexity index is 1090. The molecule has 1 unspecified atom stereocenters. The predicted octanol–water partition coefficient (Wildman–Crippen LogP) is 3.22. The summed E-state index contributed by atoms with van der Waals surface area (Å²) in [5, 5.41) is 0. The SMILES string of the molecule is Cc1cc(OC(=O)C2CC(=O)N(c3cccc(C)c3C)C2)ccc1N1C(=O)CCC1=O. The Hall–Kier alpha value is -3.48. The van der Waals surface area contributed by atoms with Crippen LogP contribution >= 0.6 is 0 Å². The van der Waals surface area contributed by atoms with Gasteiger partial charge in [0.05, 0.1) is 11.6 Å². The smallest absolute Gasteiger partial charge is 0.316 e. The van der Waals surface area contributed by atoms with Crippen molar-refractivity contribution in [3.8, 4) is 5.75 Å². The van der Waals surface area contributed by atoms with Gasteiger partial charge < -0.3 is 9.64 Å². The topological polar surface area (TPSA) is 84.0 Å². The molecule has 0 radical (unpaired) electrons. The average molecular weight is 420 g/mol. The van der Waals surface area contributed by atoms with Crippen molar-refractivity contribution >= 4 is 35.1 Å². The number of amides is 3. The zero-order valence-electron chi connectivity index (χ0n) is 17.8. The molecule has 2 heterocycles. The Kier molecular flexibility index (Phi) is 5.35. The molecule has 3 amide bonds. The highest BCUT2D eigenvalue weighted by atomic mass is 16.5. The van der Waals surface area contributed by atoms with E-state index in [0.717, 1.165) is 16.8 Å². The van der Waals surface area contributed by atoms with Crippen molar-refractivity contribution in [3.05, 3.63) is 53.1 Å². The molecule has 2 aliphatic rings. The highest BCUT2D eigenvalue weighted by molar-refractivity contribution is 6.20. The van der Waals surface area contributed by atoms with Crippen LogP contribution in [0, 0.1) is 26.7 Å². The highest BCUT2D eigenvalue weighted by Crippen LogP contribution is 2.32. The van der Waals surface area contributed by atoms with Crippen LogP contribution in [0.25, 0.3) is 0 Å². The van der Waals surface area contributed by atoms with E-state index in [1.54, 1.807) is 30.0 Å². The number of nitrogens with zero attached hydrogens (tertiary/aromatic N) is 2. The molecule has 2 fully saturated rings. The van der Waals surface area contributed by atoms with Gasteiger partial charge in [-0.2, -0.15) is 0 Å². The summed E-state index contributed by atoms with van der Waals surface area (Å²) in [4.78, 5) is 52.1. The Morgan fingerprint density at radius 2 is 1.61 bits per heavy atom. The lowest BCUT2D eigenvalue weighted by atomic mass is 10.1. The fraction of sp³-hybridized carbons (Fsp3) is 0.333. The standard InChI is InChI=1S/C24H24N2O5/c1-14-5-4-6-20(16(14)3)25-13-17(12-23(25)29)24(30)31-18-7-8-19(15(2)11-18)26-21(27)9-10-22(26)28/h4-8,11,17H,9-10,12-13H2,1-3H3. The second-order valence-corrected chi connectivity index (χ2v) is 8.12. The van der Waals surface area contributed by atoms with Crippen LogP contribution in [0.3, 0.4) is 0 Å². The molecule has 0 aliphatic carbocycles. The summed E-state index contributed by atoms with van der Waals surface area (Å²) >= 11 is 0. The van der Waals surface area contributed by atoms with Gasteiger partial charge in [0.1, 0.15) is 5.75 Å². The molecule has 160 valence electrons. The third-order valence-corrected chi connectivity index (χ3v) is 6.00. The van der Waals surface area contributed by atoms with Crippen LogP contribution in [0.2, 0.25) is 0 Å². The third-order valence-electron chi connectivity index (χ3n) is 6.00. The number of benzene rings is 2. The molecular formula is C24H24N2O5. The van der Waals surface area contributed by atoms with Crippen molar-refractivity contribution in [1.29, 1.82) is 0 Å². The first-order chi connectivity index (χ1) is 14.8. The molecule has 0 spiro atoms. The number of anilines is 2. The lowest BCUT2D eigenvalue weighted by Crippen LogP contribution is -2.29. The fourth-order valence-electron chi connectivity index (χ4n) is 4.11. The molecule has 7 nitrogen and oxygen atoms in total. The number of ether oxygens (including phenoxy) is 1. The molecule has 2 saturated heterocycles. The van der Waals surface area contributed by atoms with E-state index in [-0.39, 0.29) is 43.5 Å². The summed E-state index contributed by atoms with van der Waals surface area (Å²) in [5.74, 6) is -1.27. The van der Waals surface area contributed by atoms with Gasteiger partial charge in [0.2, 0.25) is 17.7 Å². The molecule has 31 heavy (non-hydrogen) atoms. The number of carbonyl (C=O) groups is 4. The van der Waals surface area contributed by atoms with E-state index in [9.17, 15) is 19.2 Å². The fourth-order valence-corrected chi connectivity index (χ4v) is 4.11. The molecule has 0 saturated carbocycles. The van der Waals surface area contributed by atoms with Crippen LogP contribution < -0.4 is 14.5 Å². The number of carbonyl (C=O) groups excluding carboxylic acids is 4. The van der Waals surface area contributed by atoms with Gasteiger partial charge in [-0.3, -0.25) is 24.1 Å². The van der Waals surface area contributed by atoms with Gasteiger partial charge in [0, 0.05) is 31.5 Å². The molecule has 0 N–H and O–H groups in total. The molecule has 0 aromatic heterocycles. The molecule has 0 bridgehead atoms.